The zero-order valence-electron chi connectivity index (χ0n) is 9.58. The lowest BCUT2D eigenvalue weighted by Crippen LogP contribution is -2.03. The molecular weight excluding hydrogens is 285 g/mol. The molecule has 0 fully saturated rings. The number of allylic oxidation sites excluding steroid dienone is 1. The van der Waals surface area contributed by atoms with E-state index in [0.717, 1.165) is 24.3 Å². The third-order valence-electron chi connectivity index (χ3n) is 2.36. The van der Waals surface area contributed by atoms with Gasteiger partial charge in [-0.05, 0) is 52.7 Å². The summed E-state index contributed by atoms with van der Waals surface area (Å²) < 4.78 is 37.2. The molecule has 0 aliphatic heterocycles. The average Bonchev–Trinajstić information content (AvgIpc) is 2.89. The van der Waals surface area contributed by atoms with Crippen molar-refractivity contribution in [3.63, 3.8) is 0 Å². The summed E-state index contributed by atoms with van der Waals surface area (Å²) in [7, 11) is -3.91. The van der Waals surface area contributed by atoms with Crippen molar-refractivity contribution in [3.05, 3.63) is 57.4 Å². The first-order valence-corrected chi connectivity index (χ1v) is 7.61. The van der Waals surface area contributed by atoms with E-state index >= 15 is 0 Å². The maximum Gasteiger partial charge on any atom is 0.216 e. The molecule has 6 heteroatoms. The summed E-state index contributed by atoms with van der Waals surface area (Å²) in [4.78, 5) is -0.463. The first-order chi connectivity index (χ1) is 9.04. The standard InChI is InChI=1S/C13H8FNO2S2/c14-11-1-3-12(4-2-11)19(16,17)13(8-15)7-10-5-6-18-9-10/h1-7,9H/b13-7+. The van der Waals surface area contributed by atoms with Crippen molar-refractivity contribution < 1.29 is 12.8 Å². The van der Waals surface area contributed by atoms with Gasteiger partial charge in [-0.3, -0.25) is 0 Å². The van der Waals surface area contributed by atoms with Gasteiger partial charge in [0.1, 0.15) is 16.8 Å². The zero-order valence-corrected chi connectivity index (χ0v) is 11.2. The van der Waals surface area contributed by atoms with E-state index in [0.29, 0.717) is 5.56 Å². The fraction of sp³-hybridized carbons (Fsp3) is 0. The van der Waals surface area contributed by atoms with Gasteiger partial charge in [0.05, 0.1) is 4.90 Å². The van der Waals surface area contributed by atoms with Gasteiger partial charge in [-0.2, -0.15) is 16.6 Å². The molecule has 0 aliphatic rings. The second kappa shape index (κ2) is 5.34. The Hall–Kier alpha value is -1.97. The smallest absolute Gasteiger partial charge is 0.216 e. The Kier molecular flexibility index (Phi) is 3.79. The Bertz CT molecular complexity index is 739. The molecule has 1 heterocycles. The van der Waals surface area contributed by atoms with Crippen molar-refractivity contribution in [1.29, 1.82) is 5.26 Å². The lowest BCUT2D eigenvalue weighted by atomic mass is 10.3. The van der Waals surface area contributed by atoms with Crippen LogP contribution in [0.15, 0.2) is 50.9 Å². The van der Waals surface area contributed by atoms with Crippen LogP contribution in [0.4, 0.5) is 4.39 Å². The van der Waals surface area contributed by atoms with Crippen molar-refractivity contribution in [1.82, 2.24) is 0 Å². The number of hydrogen-bond acceptors (Lipinski definition) is 4. The second-order valence-electron chi connectivity index (χ2n) is 3.63. The Labute approximate surface area is 114 Å². The maximum absolute atomic E-state index is 12.8. The molecule has 96 valence electrons. The second-order valence-corrected chi connectivity index (χ2v) is 6.33. The Morgan fingerprint density at radius 2 is 1.95 bits per heavy atom. The van der Waals surface area contributed by atoms with Gasteiger partial charge in [0.25, 0.3) is 0 Å². The molecule has 0 aliphatic carbocycles. The number of sulfone groups is 1. The van der Waals surface area contributed by atoms with Crippen LogP contribution in [0.25, 0.3) is 6.08 Å². The fourth-order valence-corrected chi connectivity index (χ4v) is 3.20. The molecule has 3 nitrogen and oxygen atoms in total. The summed E-state index contributed by atoms with van der Waals surface area (Å²) in [6.45, 7) is 0. The van der Waals surface area contributed by atoms with E-state index in [1.165, 1.54) is 17.4 Å². The number of rotatable bonds is 3. The molecule has 0 unspecified atom stereocenters. The highest BCUT2D eigenvalue weighted by molar-refractivity contribution is 7.95. The van der Waals surface area contributed by atoms with Crippen LogP contribution in [0.2, 0.25) is 0 Å². The van der Waals surface area contributed by atoms with Crippen LogP contribution >= 0.6 is 11.3 Å². The van der Waals surface area contributed by atoms with Crippen molar-refractivity contribution in [2.45, 2.75) is 4.90 Å². The largest absolute Gasteiger partial charge is 0.218 e. The van der Waals surface area contributed by atoms with Crippen LogP contribution in [0.5, 0.6) is 0 Å². The minimum atomic E-state index is -3.91. The van der Waals surface area contributed by atoms with E-state index in [2.05, 4.69) is 0 Å². The van der Waals surface area contributed by atoms with Gasteiger partial charge >= 0.3 is 0 Å². The maximum atomic E-state index is 12.8. The first-order valence-electron chi connectivity index (χ1n) is 5.18. The summed E-state index contributed by atoms with van der Waals surface area (Å²) in [6, 6.07) is 7.77. The summed E-state index contributed by atoms with van der Waals surface area (Å²) >= 11 is 1.40. The minimum Gasteiger partial charge on any atom is -0.218 e. The Morgan fingerprint density at radius 1 is 1.26 bits per heavy atom. The number of benzene rings is 1. The fourth-order valence-electron chi connectivity index (χ4n) is 1.42. The highest BCUT2D eigenvalue weighted by atomic mass is 32.2. The predicted molar refractivity (Wildman–Crippen MR) is 71.5 cm³/mol. The van der Waals surface area contributed by atoms with E-state index in [1.807, 2.05) is 0 Å². The molecule has 2 aromatic rings. The Balaban J connectivity index is 2.49. The van der Waals surface area contributed by atoms with Crippen LogP contribution in [-0.4, -0.2) is 8.42 Å². The quantitative estimate of drug-likeness (QED) is 0.645. The molecule has 0 saturated heterocycles. The number of thiophene rings is 1. The average molecular weight is 293 g/mol. The van der Waals surface area contributed by atoms with E-state index in [9.17, 15) is 12.8 Å². The lowest BCUT2D eigenvalue weighted by molar-refractivity contribution is 0.601. The van der Waals surface area contributed by atoms with Crippen LogP contribution in [-0.2, 0) is 9.84 Å². The summed E-state index contributed by atoms with van der Waals surface area (Å²) in [5.41, 5.74) is 0.646. The molecule has 2 rings (SSSR count). The van der Waals surface area contributed by atoms with Crippen LogP contribution in [0.3, 0.4) is 0 Å². The zero-order chi connectivity index (χ0) is 13.9. The molecule has 0 bridgehead atoms. The van der Waals surface area contributed by atoms with E-state index in [-0.39, 0.29) is 9.80 Å². The van der Waals surface area contributed by atoms with Crippen molar-refractivity contribution in [2.75, 3.05) is 0 Å². The number of nitrogens with zero attached hydrogens (tertiary/aromatic N) is 1. The molecule has 0 atom stereocenters. The molecule has 0 saturated carbocycles. The third-order valence-corrected chi connectivity index (χ3v) is 4.75. The molecule has 19 heavy (non-hydrogen) atoms. The molecule has 0 spiro atoms. The van der Waals surface area contributed by atoms with E-state index in [1.54, 1.807) is 22.9 Å². The molecule has 0 amide bonds. The highest BCUT2D eigenvalue weighted by Crippen LogP contribution is 2.22. The van der Waals surface area contributed by atoms with Crippen LogP contribution < -0.4 is 0 Å². The minimum absolute atomic E-state index is 0.100. The van der Waals surface area contributed by atoms with Crippen LogP contribution in [0, 0.1) is 17.1 Å². The molecular formula is C13H8FNO2S2. The predicted octanol–water partition coefficient (Wildman–Crippen LogP) is 3.23. The van der Waals surface area contributed by atoms with Gasteiger partial charge in [-0.25, -0.2) is 12.8 Å². The molecule has 0 radical (unpaired) electrons. The first kappa shape index (κ1) is 13.5. The molecule has 1 aromatic carbocycles. The van der Waals surface area contributed by atoms with Crippen molar-refractivity contribution in [2.24, 2.45) is 0 Å². The van der Waals surface area contributed by atoms with E-state index in [4.69, 9.17) is 5.26 Å². The van der Waals surface area contributed by atoms with Gasteiger partial charge in [-0.15, -0.1) is 0 Å². The van der Waals surface area contributed by atoms with Crippen molar-refractivity contribution >= 4 is 27.3 Å². The van der Waals surface area contributed by atoms with Gasteiger partial charge in [-0.1, -0.05) is 0 Å². The summed E-state index contributed by atoms with van der Waals surface area (Å²) in [6.07, 6.45) is 1.30. The van der Waals surface area contributed by atoms with Gasteiger partial charge in [0, 0.05) is 0 Å². The monoisotopic (exact) mass is 293 g/mol. The van der Waals surface area contributed by atoms with E-state index < -0.39 is 15.7 Å². The highest BCUT2D eigenvalue weighted by Gasteiger charge is 2.20. The molecule has 1 aromatic heterocycles. The lowest BCUT2D eigenvalue weighted by Gasteiger charge is -2.02. The third kappa shape index (κ3) is 2.89. The number of hydrogen-bond donors (Lipinski definition) is 0. The molecule has 0 N–H and O–H groups in total. The Morgan fingerprint density at radius 3 is 2.47 bits per heavy atom. The van der Waals surface area contributed by atoms with Gasteiger partial charge < -0.3 is 0 Å². The normalized spacial score (nSPS) is 12.1. The number of nitriles is 1. The number of halogens is 1. The van der Waals surface area contributed by atoms with Gasteiger partial charge in [0.2, 0.25) is 9.84 Å². The van der Waals surface area contributed by atoms with Crippen LogP contribution in [0.1, 0.15) is 5.56 Å². The van der Waals surface area contributed by atoms with Gasteiger partial charge in [0.15, 0.2) is 0 Å². The topological polar surface area (TPSA) is 57.9 Å². The summed E-state index contributed by atoms with van der Waals surface area (Å²) in [5, 5.41) is 12.5. The van der Waals surface area contributed by atoms with Crippen molar-refractivity contribution in [3.8, 4) is 6.07 Å². The summed E-state index contributed by atoms with van der Waals surface area (Å²) in [5.74, 6) is -0.528. The SMILES string of the molecule is N#C/C(=C\c1ccsc1)S(=O)(=O)c1ccc(F)cc1.